The predicted molar refractivity (Wildman–Crippen MR) is 134 cm³/mol. The van der Waals surface area contributed by atoms with Crippen molar-refractivity contribution in [2.75, 3.05) is 19.0 Å². The molecule has 0 bridgehead atoms. The molecular formula is C22H22Cl2N6O5S. The van der Waals surface area contributed by atoms with Gasteiger partial charge in [-0.2, -0.15) is 4.80 Å². The predicted octanol–water partition coefficient (Wildman–Crippen LogP) is 3.54. The number of carboxylic acid groups (broad SMARTS) is 1. The number of carbonyl (C=O) groups is 3. The van der Waals surface area contributed by atoms with Gasteiger partial charge in [-0.25, -0.2) is 4.79 Å². The number of carbonyl (C=O) groups excluding carboxylic acids is 2. The van der Waals surface area contributed by atoms with Crippen LogP contribution < -0.4 is 10.2 Å². The summed E-state index contributed by atoms with van der Waals surface area (Å²) in [6.45, 7) is -0.460. The fourth-order valence-corrected chi connectivity index (χ4v) is 4.32. The highest BCUT2D eigenvalue weighted by Crippen LogP contribution is 2.39. The summed E-state index contributed by atoms with van der Waals surface area (Å²) in [6, 6.07) is 11.0. The molecule has 11 nitrogen and oxygen atoms in total. The van der Waals surface area contributed by atoms with Crippen molar-refractivity contribution < 1.29 is 24.2 Å². The van der Waals surface area contributed by atoms with Crippen molar-refractivity contribution in [2.24, 2.45) is 0 Å². The van der Waals surface area contributed by atoms with Crippen molar-refractivity contribution in [3.05, 3.63) is 58.1 Å². The summed E-state index contributed by atoms with van der Waals surface area (Å²) in [5, 5.41) is 24.2. The van der Waals surface area contributed by atoms with Crippen molar-refractivity contribution in [3.63, 3.8) is 0 Å². The van der Waals surface area contributed by atoms with E-state index in [4.69, 9.17) is 33.0 Å². The van der Waals surface area contributed by atoms with Crippen LogP contribution in [0.4, 0.5) is 10.5 Å². The number of rotatable bonds is 11. The van der Waals surface area contributed by atoms with Gasteiger partial charge in [0.15, 0.2) is 5.78 Å². The minimum absolute atomic E-state index is 0.0352. The second-order valence-electron chi connectivity index (χ2n) is 7.66. The van der Waals surface area contributed by atoms with Gasteiger partial charge in [-0.05, 0) is 34.7 Å². The number of ketones is 1. The number of alkyl carbamates (subject to hydrolysis) is 1. The number of halogens is 2. The van der Waals surface area contributed by atoms with E-state index >= 15 is 0 Å². The molecule has 0 aliphatic carbocycles. The Morgan fingerprint density at radius 3 is 2.44 bits per heavy atom. The van der Waals surface area contributed by atoms with Gasteiger partial charge in [-0.15, -0.1) is 10.2 Å². The Balaban J connectivity index is 1.63. The van der Waals surface area contributed by atoms with Crippen molar-refractivity contribution in [1.82, 2.24) is 25.5 Å². The van der Waals surface area contributed by atoms with E-state index < -0.39 is 36.9 Å². The molecule has 0 radical (unpaired) electrons. The summed E-state index contributed by atoms with van der Waals surface area (Å²) in [7, 11) is 3.71. The van der Waals surface area contributed by atoms with Crippen molar-refractivity contribution in [3.8, 4) is 0 Å². The highest BCUT2D eigenvalue weighted by molar-refractivity contribution is 7.99. The van der Waals surface area contributed by atoms with Gasteiger partial charge in [0.1, 0.15) is 19.2 Å². The number of nitrogens with zero attached hydrogens (tertiary/aromatic N) is 5. The molecule has 3 rings (SSSR count). The van der Waals surface area contributed by atoms with Crippen LogP contribution in [-0.4, -0.2) is 63.3 Å². The van der Waals surface area contributed by atoms with Crippen LogP contribution in [0.5, 0.6) is 0 Å². The topological polar surface area (TPSA) is 140 Å². The summed E-state index contributed by atoms with van der Waals surface area (Å²) < 4.78 is 5.08. The van der Waals surface area contributed by atoms with Crippen molar-refractivity contribution in [1.29, 1.82) is 0 Å². The molecule has 14 heteroatoms. The number of Topliss-reactive ketones (excluding diaryl/α,β-unsaturated/α-hetero) is 1. The van der Waals surface area contributed by atoms with Gasteiger partial charge in [0, 0.05) is 19.8 Å². The summed E-state index contributed by atoms with van der Waals surface area (Å²) >= 11 is 13.8. The highest BCUT2D eigenvalue weighted by Gasteiger charge is 2.25. The molecule has 1 heterocycles. The lowest BCUT2D eigenvalue weighted by atomic mass is 10.1. The van der Waals surface area contributed by atoms with Gasteiger partial charge in [-0.1, -0.05) is 53.5 Å². The molecule has 1 aromatic heterocycles. The molecule has 3 aromatic rings. The van der Waals surface area contributed by atoms with Gasteiger partial charge in [-0.3, -0.25) is 9.59 Å². The molecule has 190 valence electrons. The number of hydrogen-bond donors (Lipinski definition) is 2. The van der Waals surface area contributed by atoms with E-state index in [-0.39, 0.29) is 11.8 Å². The maximum Gasteiger partial charge on any atom is 0.408 e. The number of aliphatic carboxylic acids is 1. The lowest BCUT2D eigenvalue weighted by Gasteiger charge is -2.15. The third kappa shape index (κ3) is 7.83. The van der Waals surface area contributed by atoms with E-state index in [0.717, 1.165) is 27.8 Å². The van der Waals surface area contributed by atoms with Gasteiger partial charge in [0.05, 0.1) is 21.4 Å². The van der Waals surface area contributed by atoms with Crippen LogP contribution in [-0.2, 0) is 27.5 Å². The number of aromatic nitrogens is 4. The molecule has 2 N–H and O–H groups in total. The van der Waals surface area contributed by atoms with Crippen LogP contribution in [0.1, 0.15) is 12.0 Å². The number of tetrazole rings is 1. The molecule has 0 aliphatic rings. The van der Waals surface area contributed by atoms with Gasteiger partial charge in [0.25, 0.3) is 0 Å². The largest absolute Gasteiger partial charge is 0.481 e. The molecule has 1 atom stereocenters. The quantitative estimate of drug-likeness (QED) is 0.362. The van der Waals surface area contributed by atoms with Gasteiger partial charge < -0.3 is 20.1 Å². The number of amides is 1. The molecule has 0 fully saturated rings. The maximum absolute atomic E-state index is 12.7. The molecule has 1 unspecified atom stereocenters. The van der Waals surface area contributed by atoms with Crippen LogP contribution >= 0.6 is 35.0 Å². The first-order valence-corrected chi connectivity index (χ1v) is 12.0. The van der Waals surface area contributed by atoms with Gasteiger partial charge in [0.2, 0.25) is 5.16 Å². The third-order valence-corrected chi connectivity index (χ3v) is 6.51. The summed E-state index contributed by atoms with van der Waals surface area (Å²) in [5.74, 6) is -1.92. The number of hydrogen-bond acceptors (Lipinski definition) is 9. The Hall–Kier alpha value is -3.35. The Kier molecular flexibility index (Phi) is 9.51. The Morgan fingerprint density at radius 1 is 1.17 bits per heavy atom. The van der Waals surface area contributed by atoms with E-state index in [1.807, 2.05) is 25.1 Å². The summed E-state index contributed by atoms with van der Waals surface area (Å²) in [5.41, 5.74) is 1.55. The Bertz CT molecular complexity index is 1220. The molecule has 36 heavy (non-hydrogen) atoms. The molecular weight excluding hydrogens is 531 g/mol. The normalized spacial score (nSPS) is 11.6. The minimum Gasteiger partial charge on any atom is -0.481 e. The molecule has 0 saturated heterocycles. The second-order valence-corrected chi connectivity index (χ2v) is 9.45. The smallest absolute Gasteiger partial charge is 0.408 e. The van der Waals surface area contributed by atoms with E-state index in [1.54, 1.807) is 36.4 Å². The maximum atomic E-state index is 12.7. The highest BCUT2D eigenvalue weighted by atomic mass is 35.5. The molecule has 0 spiro atoms. The number of benzene rings is 2. The van der Waals surface area contributed by atoms with Crippen LogP contribution in [0.3, 0.4) is 0 Å². The summed E-state index contributed by atoms with van der Waals surface area (Å²) in [6.07, 6.45) is -1.56. The average Bonchev–Trinajstić information content (AvgIpc) is 3.26. The minimum atomic E-state index is -1.35. The standard InChI is InChI=1S/C22H22Cl2N6O5S/c1-29(2)14-8-15(23)20(16(24)9-14)36-21-26-28-30(27-21)11-18(31)17(10-19(32)33)25-22(34)35-12-13-6-4-3-5-7-13/h3-9,17H,10-12H2,1-2H3,(H,25,34)(H,32,33). The SMILES string of the molecule is CN(C)c1cc(Cl)c(Sc2nnn(CC(=O)C(CC(=O)O)NC(=O)OCc3ccccc3)n2)c(Cl)c1. The van der Waals surface area contributed by atoms with Crippen LogP contribution in [0, 0.1) is 0 Å². The Labute approximate surface area is 220 Å². The first-order chi connectivity index (χ1) is 17.1. The molecule has 0 aliphatic heterocycles. The second kappa shape index (κ2) is 12.6. The molecule has 1 amide bonds. The number of anilines is 1. The first-order valence-electron chi connectivity index (χ1n) is 10.5. The number of nitrogens with one attached hydrogen (secondary N) is 1. The number of carboxylic acids is 1. The van der Waals surface area contributed by atoms with Gasteiger partial charge >= 0.3 is 12.1 Å². The van der Waals surface area contributed by atoms with E-state index in [1.165, 1.54) is 0 Å². The zero-order chi connectivity index (χ0) is 26.2. The van der Waals surface area contributed by atoms with E-state index in [9.17, 15) is 14.4 Å². The average molecular weight is 553 g/mol. The monoisotopic (exact) mass is 552 g/mol. The lowest BCUT2D eigenvalue weighted by molar-refractivity contribution is -0.139. The fourth-order valence-electron chi connectivity index (χ4n) is 2.91. The van der Waals surface area contributed by atoms with Crippen LogP contribution in [0.2, 0.25) is 10.0 Å². The lowest BCUT2D eigenvalue weighted by Crippen LogP contribution is -2.44. The van der Waals surface area contributed by atoms with Crippen molar-refractivity contribution >= 4 is 58.5 Å². The summed E-state index contributed by atoms with van der Waals surface area (Å²) in [4.78, 5) is 39.5. The first kappa shape index (κ1) is 27.2. The fraction of sp³-hybridized carbons (Fsp3) is 0.273. The zero-order valence-corrected chi connectivity index (χ0v) is 21.5. The van der Waals surface area contributed by atoms with Crippen LogP contribution in [0.25, 0.3) is 0 Å². The molecule has 2 aromatic carbocycles. The van der Waals surface area contributed by atoms with E-state index in [2.05, 4.69) is 20.7 Å². The van der Waals surface area contributed by atoms with Crippen molar-refractivity contribution in [2.45, 2.75) is 35.7 Å². The zero-order valence-electron chi connectivity index (χ0n) is 19.2. The van der Waals surface area contributed by atoms with E-state index in [0.29, 0.717) is 14.9 Å². The third-order valence-electron chi connectivity index (χ3n) is 4.70. The number of ether oxygens (including phenoxy) is 1. The van der Waals surface area contributed by atoms with Crippen LogP contribution in [0.15, 0.2) is 52.5 Å². The molecule has 0 saturated carbocycles. The Morgan fingerprint density at radius 2 is 1.83 bits per heavy atom.